The molecule has 1 aromatic carbocycles. The Hall–Kier alpha value is -2.75. The van der Waals surface area contributed by atoms with Crippen LogP contribution in [0.4, 0.5) is 10.6 Å². The number of amides is 2. The van der Waals surface area contributed by atoms with Crippen LogP contribution in [0.15, 0.2) is 41.3 Å². The molecule has 2 amide bonds. The van der Waals surface area contributed by atoms with Gasteiger partial charge in [-0.2, -0.15) is 4.98 Å². The van der Waals surface area contributed by atoms with Crippen molar-refractivity contribution in [3.05, 3.63) is 52.6 Å². The number of piperazine rings is 1. The number of hydrogen-bond donors (Lipinski definition) is 3. The summed E-state index contributed by atoms with van der Waals surface area (Å²) in [5.74, 6) is 1.88. The lowest BCUT2D eigenvalue weighted by Gasteiger charge is -2.27. The van der Waals surface area contributed by atoms with Gasteiger partial charge in [0.2, 0.25) is 0 Å². The lowest BCUT2D eigenvalue weighted by atomic mass is 10.0. The number of aromatic nitrogens is 2. The van der Waals surface area contributed by atoms with Gasteiger partial charge < -0.3 is 20.4 Å². The lowest BCUT2D eigenvalue weighted by Crippen LogP contribution is -2.48. The molecule has 3 aliphatic rings. The Kier molecular flexibility index (Phi) is 6.20. The normalized spacial score (nSPS) is 23.3. The summed E-state index contributed by atoms with van der Waals surface area (Å²) in [6.45, 7) is 8.54. The van der Waals surface area contributed by atoms with Crippen molar-refractivity contribution >= 4 is 11.8 Å². The molecule has 5 rings (SSSR count). The van der Waals surface area contributed by atoms with E-state index in [9.17, 15) is 9.59 Å². The molecule has 2 atom stereocenters. The van der Waals surface area contributed by atoms with Gasteiger partial charge in [-0.25, -0.2) is 9.59 Å². The number of benzene rings is 1. The molecule has 32 heavy (non-hydrogen) atoms. The fourth-order valence-electron chi connectivity index (χ4n) is 5.01. The van der Waals surface area contributed by atoms with Gasteiger partial charge in [0.05, 0.1) is 5.69 Å². The number of anilines is 1. The third-order valence-electron chi connectivity index (χ3n) is 6.81. The first-order chi connectivity index (χ1) is 15.7. The Morgan fingerprint density at radius 2 is 1.88 bits per heavy atom. The van der Waals surface area contributed by atoms with Crippen LogP contribution in [0, 0.1) is 11.8 Å². The van der Waals surface area contributed by atoms with Crippen LogP contribution in [-0.4, -0.2) is 84.3 Å². The number of nitrogens with one attached hydrogen (secondary N) is 3. The van der Waals surface area contributed by atoms with Crippen LogP contribution in [-0.2, 0) is 6.42 Å². The van der Waals surface area contributed by atoms with Crippen LogP contribution in [0.25, 0.3) is 5.69 Å². The SMILES string of the molecule is O=C(Nc1ccn(-c2cccc(CCN3CC4CNCC4C3)c2)c(=O)n1)N1CCNCC1. The average molecular weight is 438 g/mol. The molecule has 3 N–H and O–H groups in total. The number of fused-ring (bicyclic) bond motifs is 1. The molecule has 2 aromatic rings. The molecular formula is C23H31N7O2. The zero-order chi connectivity index (χ0) is 21.9. The fraction of sp³-hybridized carbons (Fsp3) is 0.522. The monoisotopic (exact) mass is 437 g/mol. The zero-order valence-electron chi connectivity index (χ0n) is 18.3. The van der Waals surface area contributed by atoms with E-state index in [2.05, 4.69) is 38.0 Å². The summed E-state index contributed by atoms with van der Waals surface area (Å²) < 4.78 is 1.52. The predicted octanol–water partition coefficient (Wildman–Crippen LogP) is 0.363. The Balaban J connectivity index is 1.21. The van der Waals surface area contributed by atoms with Gasteiger partial charge in [-0.3, -0.25) is 9.88 Å². The summed E-state index contributed by atoms with van der Waals surface area (Å²) in [4.78, 5) is 33.4. The molecular weight excluding hydrogens is 406 g/mol. The van der Waals surface area contributed by atoms with E-state index in [1.54, 1.807) is 17.2 Å². The van der Waals surface area contributed by atoms with Gasteiger partial charge in [-0.05, 0) is 55.1 Å². The van der Waals surface area contributed by atoms with Crippen molar-refractivity contribution < 1.29 is 4.79 Å². The van der Waals surface area contributed by atoms with E-state index < -0.39 is 5.69 Å². The highest BCUT2D eigenvalue weighted by atomic mass is 16.2. The predicted molar refractivity (Wildman–Crippen MR) is 123 cm³/mol. The topological polar surface area (TPSA) is 94.5 Å². The number of carbonyl (C=O) groups is 1. The van der Waals surface area contributed by atoms with E-state index in [4.69, 9.17) is 0 Å². The van der Waals surface area contributed by atoms with E-state index in [1.165, 1.54) is 23.2 Å². The Bertz CT molecular complexity index is 1010. The van der Waals surface area contributed by atoms with E-state index in [0.29, 0.717) is 13.1 Å². The highest BCUT2D eigenvalue weighted by molar-refractivity contribution is 5.88. The molecule has 0 bridgehead atoms. The van der Waals surface area contributed by atoms with Crippen molar-refractivity contribution in [3.8, 4) is 5.69 Å². The summed E-state index contributed by atoms with van der Waals surface area (Å²) in [7, 11) is 0. The maximum atomic E-state index is 12.7. The van der Waals surface area contributed by atoms with E-state index in [0.717, 1.165) is 56.7 Å². The summed E-state index contributed by atoms with van der Waals surface area (Å²) in [6, 6.07) is 9.52. The molecule has 0 spiro atoms. The molecule has 0 radical (unpaired) electrons. The number of hydrogen-bond acceptors (Lipinski definition) is 6. The highest BCUT2D eigenvalue weighted by Gasteiger charge is 2.35. The third kappa shape index (κ3) is 4.69. The number of urea groups is 1. The second-order valence-electron chi connectivity index (χ2n) is 8.99. The quantitative estimate of drug-likeness (QED) is 0.626. The van der Waals surface area contributed by atoms with Gasteiger partial charge in [0.25, 0.3) is 0 Å². The largest absolute Gasteiger partial charge is 0.354 e. The molecule has 0 saturated carbocycles. The van der Waals surface area contributed by atoms with Gasteiger partial charge in [-0.1, -0.05) is 12.1 Å². The first kappa shape index (κ1) is 21.1. The minimum atomic E-state index is -0.403. The second-order valence-corrected chi connectivity index (χ2v) is 8.99. The molecule has 4 heterocycles. The van der Waals surface area contributed by atoms with Crippen molar-refractivity contribution in [1.29, 1.82) is 0 Å². The van der Waals surface area contributed by atoms with Crippen molar-refractivity contribution in [3.63, 3.8) is 0 Å². The van der Waals surface area contributed by atoms with E-state index in [-0.39, 0.29) is 11.8 Å². The molecule has 3 aliphatic heterocycles. The molecule has 3 fully saturated rings. The van der Waals surface area contributed by atoms with Gasteiger partial charge in [-0.15, -0.1) is 0 Å². The van der Waals surface area contributed by atoms with Crippen LogP contribution in [0.1, 0.15) is 5.56 Å². The van der Waals surface area contributed by atoms with Crippen molar-refractivity contribution in [1.82, 2.24) is 30.0 Å². The zero-order valence-corrected chi connectivity index (χ0v) is 18.3. The van der Waals surface area contributed by atoms with Crippen LogP contribution < -0.4 is 21.6 Å². The summed E-state index contributed by atoms with van der Waals surface area (Å²) in [5.41, 5.74) is 1.60. The first-order valence-electron chi connectivity index (χ1n) is 11.5. The molecule has 1 aromatic heterocycles. The van der Waals surface area contributed by atoms with Crippen molar-refractivity contribution in [2.45, 2.75) is 6.42 Å². The molecule has 2 unspecified atom stereocenters. The number of carbonyl (C=O) groups excluding carboxylic acids is 1. The van der Waals surface area contributed by atoms with E-state index in [1.807, 2.05) is 12.1 Å². The van der Waals surface area contributed by atoms with Crippen LogP contribution >= 0.6 is 0 Å². The molecule has 170 valence electrons. The van der Waals surface area contributed by atoms with Crippen LogP contribution in [0.2, 0.25) is 0 Å². The fourth-order valence-corrected chi connectivity index (χ4v) is 5.01. The minimum Gasteiger partial charge on any atom is -0.322 e. The Labute approximate surface area is 187 Å². The summed E-state index contributed by atoms with van der Waals surface area (Å²) >= 11 is 0. The van der Waals surface area contributed by atoms with Gasteiger partial charge >= 0.3 is 11.7 Å². The number of rotatable bonds is 5. The number of nitrogens with zero attached hydrogens (tertiary/aromatic N) is 4. The Morgan fingerprint density at radius 1 is 1.09 bits per heavy atom. The molecule has 9 heteroatoms. The summed E-state index contributed by atoms with van der Waals surface area (Å²) in [5, 5.41) is 9.43. The minimum absolute atomic E-state index is 0.222. The van der Waals surface area contributed by atoms with Gasteiger partial charge in [0, 0.05) is 52.0 Å². The average Bonchev–Trinajstić information content (AvgIpc) is 3.41. The molecule has 3 saturated heterocycles. The first-order valence-corrected chi connectivity index (χ1v) is 11.5. The second kappa shape index (κ2) is 9.40. The van der Waals surface area contributed by atoms with Crippen LogP contribution in [0.5, 0.6) is 0 Å². The van der Waals surface area contributed by atoms with Gasteiger partial charge in [0.1, 0.15) is 5.82 Å². The highest BCUT2D eigenvalue weighted by Crippen LogP contribution is 2.26. The summed E-state index contributed by atoms with van der Waals surface area (Å²) in [6.07, 6.45) is 2.64. The van der Waals surface area contributed by atoms with Crippen molar-refractivity contribution in [2.24, 2.45) is 11.8 Å². The van der Waals surface area contributed by atoms with Crippen molar-refractivity contribution in [2.75, 3.05) is 64.2 Å². The van der Waals surface area contributed by atoms with Gasteiger partial charge in [0.15, 0.2) is 0 Å². The van der Waals surface area contributed by atoms with Crippen LogP contribution in [0.3, 0.4) is 0 Å². The Morgan fingerprint density at radius 3 is 2.62 bits per heavy atom. The third-order valence-corrected chi connectivity index (χ3v) is 6.81. The smallest absolute Gasteiger partial charge is 0.322 e. The number of likely N-dealkylation sites (tertiary alicyclic amines) is 1. The maximum absolute atomic E-state index is 12.7. The lowest BCUT2D eigenvalue weighted by molar-refractivity contribution is 0.204. The standard InChI is InChI=1S/C23H31N7O2/c31-22(29-10-6-24-7-11-29)26-21-5-9-30(23(32)27-21)20-3-1-2-17(12-20)4-8-28-15-18-13-25-14-19(18)16-28/h1-3,5,9,12,18-19,24-25H,4,6-8,10-11,13-16H2,(H,26,27,31,32). The van der Waals surface area contributed by atoms with E-state index >= 15 is 0 Å². The molecule has 9 nitrogen and oxygen atoms in total. The molecule has 0 aliphatic carbocycles. The maximum Gasteiger partial charge on any atom is 0.354 e.